The molecule has 0 saturated carbocycles. The van der Waals surface area contributed by atoms with Crippen molar-refractivity contribution in [2.45, 2.75) is 0 Å². The van der Waals surface area contributed by atoms with Crippen LogP contribution in [-0.4, -0.2) is 22.6 Å². The van der Waals surface area contributed by atoms with Crippen molar-refractivity contribution in [3.05, 3.63) is 67.2 Å². The van der Waals surface area contributed by atoms with E-state index in [0.717, 1.165) is 6.07 Å². The first-order valence-corrected chi connectivity index (χ1v) is 5.33. The number of carboxylic acids is 1. The second-order valence-electron chi connectivity index (χ2n) is 3.77. The third-order valence-electron chi connectivity index (χ3n) is 2.71. The molecule has 0 aromatic heterocycles. The highest BCUT2D eigenvalue weighted by Gasteiger charge is 2.34. The monoisotopic (exact) mass is 284 g/mol. The minimum absolute atomic E-state index is 0.223. The van der Waals surface area contributed by atoms with E-state index in [9.17, 15) is 14.4 Å². The van der Waals surface area contributed by atoms with E-state index in [1.54, 1.807) is 0 Å². The maximum atomic E-state index is 12.2. The predicted octanol–water partition coefficient (Wildman–Crippen LogP) is 2.60. The Kier molecular flexibility index (Phi) is 3.40. The number of nitrogens with zero attached hydrogens (tertiary/aromatic N) is 6. The molecule has 1 aromatic carbocycles. The number of allylic oxidation sites excluding steroid dienone is 2. The molecule has 0 radical (unpaired) electrons. The Balaban J connectivity index is 2.87. The van der Waals surface area contributed by atoms with E-state index in [4.69, 9.17) is 16.2 Å². The highest BCUT2D eigenvalue weighted by molar-refractivity contribution is 6.28. The number of aromatic carboxylic acids is 1. The summed E-state index contributed by atoms with van der Waals surface area (Å²) < 4.78 is 0. The van der Waals surface area contributed by atoms with Gasteiger partial charge in [0, 0.05) is 21.0 Å². The van der Waals surface area contributed by atoms with Crippen LogP contribution in [0.2, 0.25) is 0 Å². The normalized spacial score (nSPS) is 13.1. The van der Waals surface area contributed by atoms with Gasteiger partial charge < -0.3 is 5.11 Å². The highest BCUT2D eigenvalue weighted by atomic mass is 16.4. The number of fused-ring (bicyclic) bond motifs is 1. The van der Waals surface area contributed by atoms with Crippen LogP contribution in [0.5, 0.6) is 0 Å². The van der Waals surface area contributed by atoms with Gasteiger partial charge in [-0.2, -0.15) is 0 Å². The second-order valence-corrected chi connectivity index (χ2v) is 3.77. The van der Waals surface area contributed by atoms with Gasteiger partial charge in [0.25, 0.3) is 0 Å². The number of carbonyl (C=O) groups excluding carboxylic acids is 2. The van der Waals surface area contributed by atoms with Gasteiger partial charge in [-0.15, -0.1) is 0 Å². The van der Waals surface area contributed by atoms with Crippen molar-refractivity contribution in [2.75, 3.05) is 0 Å². The van der Waals surface area contributed by atoms with Crippen LogP contribution >= 0.6 is 0 Å². The second kappa shape index (κ2) is 5.17. The molecule has 0 saturated heterocycles. The van der Waals surface area contributed by atoms with Crippen LogP contribution in [0.1, 0.15) is 31.1 Å². The lowest BCUT2D eigenvalue weighted by Gasteiger charge is -2.17. The highest BCUT2D eigenvalue weighted by Crippen LogP contribution is 2.30. The van der Waals surface area contributed by atoms with Crippen molar-refractivity contribution < 1.29 is 19.5 Å². The molecule has 0 fully saturated rings. The zero-order valence-electron chi connectivity index (χ0n) is 10.1. The van der Waals surface area contributed by atoms with E-state index in [-0.39, 0.29) is 5.56 Å². The molecule has 102 valence electrons. The lowest BCUT2D eigenvalue weighted by atomic mass is 9.87. The van der Waals surface area contributed by atoms with E-state index in [2.05, 4.69) is 20.1 Å². The molecule has 21 heavy (non-hydrogen) atoms. The van der Waals surface area contributed by atoms with Crippen LogP contribution in [0.4, 0.5) is 0 Å². The molecule has 1 N–H and O–H groups in total. The average molecular weight is 284 g/mol. The third kappa shape index (κ3) is 2.08. The molecule has 0 amide bonds. The van der Waals surface area contributed by atoms with Gasteiger partial charge in [-0.1, -0.05) is 22.4 Å². The van der Waals surface area contributed by atoms with E-state index < -0.39 is 40.1 Å². The summed E-state index contributed by atoms with van der Waals surface area (Å²) in [4.78, 5) is 40.3. The van der Waals surface area contributed by atoms with Crippen LogP contribution in [0, 0.1) is 0 Å². The van der Waals surface area contributed by atoms with Crippen molar-refractivity contribution in [1.29, 1.82) is 0 Å². The number of benzene rings is 1. The minimum atomic E-state index is -1.42. The minimum Gasteiger partial charge on any atom is -0.478 e. The first-order chi connectivity index (χ1) is 10.0. The van der Waals surface area contributed by atoms with Crippen molar-refractivity contribution in [1.82, 2.24) is 0 Å². The van der Waals surface area contributed by atoms with Crippen LogP contribution in [0.25, 0.3) is 20.9 Å². The van der Waals surface area contributed by atoms with Crippen molar-refractivity contribution in [3.63, 3.8) is 0 Å². The van der Waals surface area contributed by atoms with Crippen LogP contribution in [0.3, 0.4) is 0 Å². The molecule has 0 unspecified atom stereocenters. The summed E-state index contributed by atoms with van der Waals surface area (Å²) in [6.07, 6.45) is 0. The Hall–Kier alpha value is -3.61. The van der Waals surface area contributed by atoms with Gasteiger partial charge in [0.2, 0.25) is 0 Å². The molecule has 10 heteroatoms. The van der Waals surface area contributed by atoms with Gasteiger partial charge in [0.05, 0.1) is 17.0 Å². The lowest BCUT2D eigenvalue weighted by Crippen LogP contribution is -2.23. The fourth-order valence-corrected chi connectivity index (χ4v) is 1.90. The Morgan fingerprint density at radius 2 is 1.62 bits per heavy atom. The largest absolute Gasteiger partial charge is 0.478 e. The van der Waals surface area contributed by atoms with Gasteiger partial charge >= 0.3 is 5.97 Å². The molecule has 0 aliphatic heterocycles. The summed E-state index contributed by atoms with van der Waals surface area (Å²) in [5.41, 5.74) is 14.5. The molecule has 1 aliphatic carbocycles. The number of rotatable bonds is 3. The molecule has 10 nitrogen and oxygen atoms in total. The summed E-state index contributed by atoms with van der Waals surface area (Å²) in [6, 6.07) is 3.64. The van der Waals surface area contributed by atoms with Crippen molar-refractivity contribution in [2.24, 2.45) is 10.2 Å². The molecule has 0 bridgehead atoms. The van der Waals surface area contributed by atoms with Gasteiger partial charge in [-0.05, 0) is 17.1 Å². The summed E-state index contributed by atoms with van der Waals surface area (Å²) in [7, 11) is 0. The number of carboxylic acid groups (broad SMARTS) is 1. The first kappa shape index (κ1) is 13.8. The average Bonchev–Trinajstić information content (AvgIpc) is 2.47. The first-order valence-electron chi connectivity index (χ1n) is 5.33. The number of hydrogen-bond acceptors (Lipinski definition) is 5. The van der Waals surface area contributed by atoms with Crippen LogP contribution in [0.15, 0.2) is 39.8 Å². The number of carbonyl (C=O) groups is 3. The topological polar surface area (TPSA) is 169 Å². The van der Waals surface area contributed by atoms with Crippen LogP contribution in [-0.2, 0) is 0 Å². The maximum absolute atomic E-state index is 12.2. The standard InChI is InChI=1S/C11H4N6O4/c12-16-14-7-8(15-17-13)10(19)6-4(9(7)18)2-1-3-5(6)11(20)21/h1-3H,(H,20,21). The summed E-state index contributed by atoms with van der Waals surface area (Å²) in [5, 5.41) is 15.2. The van der Waals surface area contributed by atoms with Crippen molar-refractivity contribution in [3.8, 4) is 0 Å². The molecule has 0 heterocycles. The number of azide groups is 2. The van der Waals surface area contributed by atoms with Crippen molar-refractivity contribution >= 4 is 17.5 Å². The molecule has 1 aromatic rings. The van der Waals surface area contributed by atoms with E-state index in [1.807, 2.05) is 0 Å². The molecule has 2 rings (SSSR count). The molecule has 0 atom stereocenters. The number of ketones is 2. The number of Topliss-reactive ketones (excluding diaryl/α,β-unsaturated/α-hetero) is 2. The smallest absolute Gasteiger partial charge is 0.336 e. The van der Waals surface area contributed by atoms with E-state index in [1.165, 1.54) is 12.1 Å². The molecule has 0 spiro atoms. The molecule has 1 aliphatic rings. The maximum Gasteiger partial charge on any atom is 0.336 e. The summed E-state index contributed by atoms with van der Waals surface area (Å²) in [5.74, 6) is -3.28. The molecular formula is C11H4N6O4. The zero-order chi connectivity index (χ0) is 15.6. The van der Waals surface area contributed by atoms with Gasteiger partial charge in [-0.3, -0.25) is 9.59 Å². The van der Waals surface area contributed by atoms with Gasteiger partial charge in [-0.25, -0.2) is 4.79 Å². The van der Waals surface area contributed by atoms with E-state index >= 15 is 0 Å². The Morgan fingerprint density at radius 1 is 1.05 bits per heavy atom. The third-order valence-corrected chi connectivity index (χ3v) is 2.71. The predicted molar refractivity (Wildman–Crippen MR) is 67.4 cm³/mol. The fraction of sp³-hybridized carbons (Fsp3) is 0. The van der Waals surface area contributed by atoms with E-state index in [0.29, 0.717) is 0 Å². The summed E-state index contributed by atoms with van der Waals surface area (Å²) >= 11 is 0. The van der Waals surface area contributed by atoms with Crippen LogP contribution < -0.4 is 0 Å². The molecular weight excluding hydrogens is 280 g/mol. The van der Waals surface area contributed by atoms with Gasteiger partial charge in [0.15, 0.2) is 11.6 Å². The Bertz CT molecular complexity index is 827. The lowest BCUT2D eigenvalue weighted by molar-refractivity contribution is 0.0692. The summed E-state index contributed by atoms with van der Waals surface area (Å²) in [6.45, 7) is 0. The Morgan fingerprint density at radius 3 is 2.14 bits per heavy atom. The fourth-order valence-electron chi connectivity index (χ4n) is 1.90. The van der Waals surface area contributed by atoms with Gasteiger partial charge in [0.1, 0.15) is 0 Å². The zero-order valence-corrected chi connectivity index (χ0v) is 10.1. The number of hydrogen-bond donors (Lipinski definition) is 1. The SMILES string of the molecule is [N-]=[N+]=NC1=C(N=[N+]=[N-])C(=O)c2c(C(=O)O)cccc2C1=O. The Labute approximate surface area is 115 Å². The quantitative estimate of drug-likeness (QED) is 0.511.